The van der Waals surface area contributed by atoms with Crippen LogP contribution in [0, 0.1) is 0 Å². The zero-order valence-electron chi connectivity index (χ0n) is 10.7. The number of carbonyl (C=O) groups excluding carboxylic acids is 1. The summed E-state index contributed by atoms with van der Waals surface area (Å²) in [5.74, 6) is -0.237. The Morgan fingerprint density at radius 3 is 2.31 bits per heavy atom. The van der Waals surface area contributed by atoms with Gasteiger partial charge >= 0.3 is 5.97 Å². The number of nitrogens with zero attached hydrogens (tertiary/aromatic N) is 1. The fourth-order valence-electron chi connectivity index (χ4n) is 0.840. The van der Waals surface area contributed by atoms with Gasteiger partial charge in [-0.15, -0.1) is 0 Å². The minimum atomic E-state index is -1.25. The Labute approximate surface area is 100 Å². The molecule has 0 spiro atoms. The molecule has 0 aliphatic heterocycles. The monoisotopic (exact) mass is 247 g/mol. The average molecular weight is 247 g/mol. The molecule has 0 saturated heterocycles. The van der Waals surface area contributed by atoms with Gasteiger partial charge in [-0.05, 0) is 41.0 Å². The second kappa shape index (κ2) is 6.78. The number of rotatable bonds is 5. The standard InChI is InChI=1S/C11H21NO3S/c1-6-15-10(13)8-7-9(2)12-16(14)11(3,4)5/h6-8H2,1-5H3/t16-/m0/s1. The van der Waals surface area contributed by atoms with Crippen LogP contribution in [-0.4, -0.2) is 27.2 Å². The van der Waals surface area contributed by atoms with Crippen molar-refractivity contribution in [2.75, 3.05) is 6.61 Å². The van der Waals surface area contributed by atoms with Crippen LogP contribution >= 0.6 is 0 Å². The lowest BCUT2D eigenvalue weighted by Gasteiger charge is -2.13. The van der Waals surface area contributed by atoms with E-state index in [2.05, 4.69) is 4.40 Å². The van der Waals surface area contributed by atoms with Gasteiger partial charge in [0.25, 0.3) is 0 Å². The predicted octanol–water partition coefficient (Wildman–Crippen LogP) is 2.25. The number of carbonyl (C=O) groups is 1. The highest BCUT2D eigenvalue weighted by atomic mass is 32.2. The second-order valence-electron chi connectivity index (χ2n) is 4.49. The molecular weight excluding hydrogens is 226 g/mol. The molecular formula is C11H21NO3S. The van der Waals surface area contributed by atoms with Gasteiger partial charge in [0.05, 0.1) is 17.8 Å². The molecule has 0 saturated carbocycles. The fraction of sp³-hybridized carbons (Fsp3) is 0.818. The molecule has 0 heterocycles. The summed E-state index contributed by atoms with van der Waals surface area (Å²) in [4.78, 5) is 11.1. The summed E-state index contributed by atoms with van der Waals surface area (Å²) in [5, 5.41) is 0. The number of hydrogen-bond donors (Lipinski definition) is 0. The van der Waals surface area contributed by atoms with E-state index in [1.54, 1.807) is 13.8 Å². The van der Waals surface area contributed by atoms with Crippen LogP contribution in [0.4, 0.5) is 0 Å². The maximum atomic E-state index is 11.7. The van der Waals surface area contributed by atoms with E-state index >= 15 is 0 Å². The van der Waals surface area contributed by atoms with Gasteiger partial charge in [-0.3, -0.25) is 4.79 Å². The minimum absolute atomic E-state index is 0.237. The number of esters is 1. The first-order valence-corrected chi connectivity index (χ1v) is 6.49. The molecule has 1 atom stereocenters. The van der Waals surface area contributed by atoms with Gasteiger partial charge in [0.15, 0.2) is 0 Å². The molecule has 0 bridgehead atoms. The van der Waals surface area contributed by atoms with Gasteiger partial charge in [0.2, 0.25) is 0 Å². The van der Waals surface area contributed by atoms with Gasteiger partial charge in [0, 0.05) is 5.71 Å². The zero-order chi connectivity index (χ0) is 12.8. The van der Waals surface area contributed by atoms with Crippen molar-refractivity contribution < 1.29 is 13.7 Å². The highest BCUT2D eigenvalue weighted by Gasteiger charge is 2.19. The molecule has 0 aromatic carbocycles. The third-order valence-corrected chi connectivity index (χ3v) is 3.28. The molecule has 4 nitrogen and oxygen atoms in total. The summed E-state index contributed by atoms with van der Waals surface area (Å²) in [5.41, 5.74) is 0.723. The lowest BCUT2D eigenvalue weighted by Crippen LogP contribution is -2.20. The van der Waals surface area contributed by atoms with Gasteiger partial charge < -0.3 is 4.74 Å². The highest BCUT2D eigenvalue weighted by molar-refractivity contribution is 7.85. The molecule has 0 radical (unpaired) electrons. The summed E-state index contributed by atoms with van der Waals surface area (Å²) < 4.78 is 20.2. The Kier molecular flexibility index (Phi) is 6.48. The normalized spacial score (nSPS) is 14.7. The van der Waals surface area contributed by atoms with Crippen LogP contribution in [0.2, 0.25) is 0 Å². The summed E-state index contributed by atoms with van der Waals surface area (Å²) in [7, 11) is -1.25. The third-order valence-electron chi connectivity index (χ3n) is 1.76. The van der Waals surface area contributed by atoms with E-state index in [-0.39, 0.29) is 10.7 Å². The van der Waals surface area contributed by atoms with Crippen molar-refractivity contribution in [1.82, 2.24) is 0 Å². The van der Waals surface area contributed by atoms with E-state index < -0.39 is 11.0 Å². The maximum Gasteiger partial charge on any atom is 0.306 e. The first-order valence-electron chi connectivity index (χ1n) is 5.39. The van der Waals surface area contributed by atoms with E-state index in [4.69, 9.17) is 4.74 Å². The largest absolute Gasteiger partial charge is 0.466 e. The summed E-state index contributed by atoms with van der Waals surface area (Å²) in [6, 6.07) is 0. The third kappa shape index (κ3) is 6.71. The molecule has 5 heteroatoms. The van der Waals surface area contributed by atoms with Crippen molar-refractivity contribution in [3.8, 4) is 0 Å². The number of hydrogen-bond acceptors (Lipinski definition) is 3. The minimum Gasteiger partial charge on any atom is -0.466 e. The summed E-state index contributed by atoms with van der Waals surface area (Å²) >= 11 is 0. The van der Waals surface area contributed by atoms with Crippen molar-refractivity contribution in [3.05, 3.63) is 0 Å². The fourth-order valence-corrected chi connectivity index (χ4v) is 1.49. The lowest BCUT2D eigenvalue weighted by atomic mass is 10.2. The molecule has 0 N–H and O–H groups in total. The van der Waals surface area contributed by atoms with Crippen molar-refractivity contribution in [2.24, 2.45) is 4.40 Å². The topological polar surface area (TPSA) is 55.7 Å². The molecule has 0 aliphatic rings. The molecule has 94 valence electrons. The van der Waals surface area contributed by atoms with E-state index in [0.29, 0.717) is 19.4 Å². The Balaban J connectivity index is 4.16. The molecule has 0 rings (SSSR count). The molecule has 0 amide bonds. The van der Waals surface area contributed by atoms with E-state index in [9.17, 15) is 9.00 Å². The number of ether oxygens (including phenoxy) is 1. The van der Waals surface area contributed by atoms with Gasteiger partial charge in [-0.2, -0.15) is 4.40 Å². The van der Waals surface area contributed by atoms with E-state index in [0.717, 1.165) is 5.71 Å². The van der Waals surface area contributed by atoms with Gasteiger partial charge in [-0.1, -0.05) is 0 Å². The van der Waals surface area contributed by atoms with Crippen molar-refractivity contribution >= 4 is 22.7 Å². The van der Waals surface area contributed by atoms with Gasteiger partial charge in [0.1, 0.15) is 11.0 Å². The molecule has 0 aromatic heterocycles. The first kappa shape index (κ1) is 15.3. The van der Waals surface area contributed by atoms with E-state index in [1.807, 2.05) is 20.8 Å². The zero-order valence-corrected chi connectivity index (χ0v) is 11.5. The Bertz CT molecular complexity index is 292. The quantitative estimate of drug-likeness (QED) is 0.553. The van der Waals surface area contributed by atoms with Crippen molar-refractivity contribution in [1.29, 1.82) is 0 Å². The van der Waals surface area contributed by atoms with Crippen molar-refractivity contribution in [3.63, 3.8) is 0 Å². The Hall–Kier alpha value is -0.710. The Morgan fingerprint density at radius 1 is 1.31 bits per heavy atom. The summed E-state index contributed by atoms with van der Waals surface area (Å²) in [6.07, 6.45) is 0.797. The van der Waals surface area contributed by atoms with Crippen LogP contribution in [0.1, 0.15) is 47.5 Å². The average Bonchev–Trinajstić information content (AvgIpc) is 2.13. The van der Waals surface area contributed by atoms with Crippen LogP contribution < -0.4 is 0 Å². The smallest absolute Gasteiger partial charge is 0.306 e. The molecule has 0 aromatic rings. The SMILES string of the molecule is CCOC(=O)CCC(C)=N[S@@](=O)C(C)(C)C. The van der Waals surface area contributed by atoms with E-state index in [1.165, 1.54) is 0 Å². The molecule has 0 unspecified atom stereocenters. The highest BCUT2D eigenvalue weighted by Crippen LogP contribution is 2.13. The molecule has 16 heavy (non-hydrogen) atoms. The maximum absolute atomic E-state index is 11.7. The lowest BCUT2D eigenvalue weighted by molar-refractivity contribution is -0.142. The van der Waals surface area contributed by atoms with Gasteiger partial charge in [-0.25, -0.2) is 4.21 Å². The second-order valence-corrected chi connectivity index (χ2v) is 6.40. The van der Waals surface area contributed by atoms with Crippen LogP contribution in [0.15, 0.2) is 4.40 Å². The van der Waals surface area contributed by atoms with Crippen LogP contribution in [0.3, 0.4) is 0 Å². The Morgan fingerprint density at radius 2 is 1.88 bits per heavy atom. The van der Waals surface area contributed by atoms with Crippen LogP contribution in [0.5, 0.6) is 0 Å². The van der Waals surface area contributed by atoms with Crippen LogP contribution in [0.25, 0.3) is 0 Å². The molecule has 0 aliphatic carbocycles. The summed E-state index contributed by atoms with van der Waals surface area (Å²) in [6.45, 7) is 9.54. The molecule has 0 fully saturated rings. The van der Waals surface area contributed by atoms with Crippen LogP contribution in [-0.2, 0) is 20.5 Å². The van der Waals surface area contributed by atoms with Crippen molar-refractivity contribution in [2.45, 2.75) is 52.2 Å². The predicted molar refractivity (Wildman–Crippen MR) is 66.9 cm³/mol. The first-order chi connectivity index (χ1) is 7.27.